The number of rotatable bonds is 4. The van der Waals surface area contributed by atoms with Crippen LogP contribution in [0.25, 0.3) is 0 Å². The van der Waals surface area contributed by atoms with E-state index in [1.807, 2.05) is 6.07 Å². The molecular formula is C15H9Cl2NO2. The highest BCUT2D eigenvalue weighted by Crippen LogP contribution is 2.22. The number of benzene rings is 2. The van der Waals surface area contributed by atoms with E-state index in [0.717, 1.165) is 0 Å². The Morgan fingerprint density at radius 2 is 2.00 bits per heavy atom. The van der Waals surface area contributed by atoms with E-state index in [0.29, 0.717) is 21.9 Å². The minimum absolute atomic E-state index is 0.157. The van der Waals surface area contributed by atoms with Crippen molar-refractivity contribution in [1.29, 1.82) is 5.26 Å². The van der Waals surface area contributed by atoms with Crippen LogP contribution in [-0.2, 0) is 0 Å². The molecule has 0 radical (unpaired) electrons. The van der Waals surface area contributed by atoms with Crippen molar-refractivity contribution in [2.24, 2.45) is 0 Å². The van der Waals surface area contributed by atoms with Crippen LogP contribution in [0.2, 0.25) is 10.0 Å². The molecule has 0 aliphatic rings. The Morgan fingerprint density at radius 3 is 2.70 bits per heavy atom. The van der Waals surface area contributed by atoms with E-state index in [1.165, 1.54) is 6.07 Å². The van der Waals surface area contributed by atoms with Gasteiger partial charge in [-0.15, -0.1) is 0 Å². The van der Waals surface area contributed by atoms with Crippen LogP contribution < -0.4 is 4.74 Å². The summed E-state index contributed by atoms with van der Waals surface area (Å²) in [7, 11) is 0. The van der Waals surface area contributed by atoms with E-state index in [9.17, 15) is 4.79 Å². The van der Waals surface area contributed by atoms with Gasteiger partial charge in [0.2, 0.25) is 5.78 Å². The van der Waals surface area contributed by atoms with Gasteiger partial charge in [-0.2, -0.15) is 5.26 Å². The van der Waals surface area contributed by atoms with Crippen molar-refractivity contribution in [2.75, 3.05) is 6.61 Å². The Labute approximate surface area is 126 Å². The minimum atomic E-state index is -0.256. The average Bonchev–Trinajstić information content (AvgIpc) is 2.45. The zero-order chi connectivity index (χ0) is 14.5. The molecule has 0 bridgehead atoms. The molecule has 0 heterocycles. The predicted molar refractivity (Wildman–Crippen MR) is 77.4 cm³/mol. The van der Waals surface area contributed by atoms with Gasteiger partial charge in [-0.1, -0.05) is 29.3 Å². The molecule has 0 N–H and O–H groups in total. The number of halogens is 2. The maximum atomic E-state index is 12.0. The normalized spacial score (nSPS) is 9.85. The Bertz CT molecular complexity index is 693. The summed E-state index contributed by atoms with van der Waals surface area (Å²) in [6.07, 6.45) is 0. The van der Waals surface area contributed by atoms with Gasteiger partial charge in [0.1, 0.15) is 5.75 Å². The molecule has 20 heavy (non-hydrogen) atoms. The quantitative estimate of drug-likeness (QED) is 0.798. The van der Waals surface area contributed by atoms with E-state index < -0.39 is 0 Å². The summed E-state index contributed by atoms with van der Waals surface area (Å²) < 4.78 is 5.36. The molecule has 5 heteroatoms. The molecule has 0 aliphatic carbocycles. The Hall–Kier alpha value is -2.02. The van der Waals surface area contributed by atoms with E-state index in [4.69, 9.17) is 33.2 Å². The molecule has 2 rings (SSSR count). The molecule has 0 atom stereocenters. The third-order valence-electron chi connectivity index (χ3n) is 2.56. The van der Waals surface area contributed by atoms with Gasteiger partial charge in [0.05, 0.1) is 16.7 Å². The third kappa shape index (κ3) is 3.51. The predicted octanol–water partition coefficient (Wildman–Crippen LogP) is 4.13. The standard InChI is InChI=1S/C15H9Cl2NO2/c16-11-4-5-13(14(17)7-11)15(19)9-20-12-3-1-2-10(6-12)8-18/h1-7H,9H2. The molecule has 0 saturated heterocycles. The molecule has 0 fully saturated rings. The van der Waals surface area contributed by atoms with E-state index in [1.54, 1.807) is 36.4 Å². The smallest absolute Gasteiger partial charge is 0.201 e. The fourth-order valence-electron chi connectivity index (χ4n) is 1.60. The maximum absolute atomic E-state index is 12.0. The molecule has 0 amide bonds. The largest absolute Gasteiger partial charge is 0.485 e. The monoisotopic (exact) mass is 305 g/mol. The molecule has 0 aromatic heterocycles. The summed E-state index contributed by atoms with van der Waals surface area (Å²) >= 11 is 11.7. The number of ketones is 1. The zero-order valence-electron chi connectivity index (χ0n) is 10.3. The van der Waals surface area contributed by atoms with Crippen LogP contribution in [0.1, 0.15) is 15.9 Å². The molecule has 0 unspecified atom stereocenters. The van der Waals surface area contributed by atoms with Gasteiger partial charge < -0.3 is 4.74 Å². The van der Waals surface area contributed by atoms with Crippen LogP contribution >= 0.6 is 23.2 Å². The summed E-state index contributed by atoms with van der Waals surface area (Å²) in [5, 5.41) is 9.53. The van der Waals surface area contributed by atoms with Crippen LogP contribution in [-0.4, -0.2) is 12.4 Å². The van der Waals surface area contributed by atoms with Gasteiger partial charge in [-0.05, 0) is 36.4 Å². The molecule has 2 aromatic carbocycles. The van der Waals surface area contributed by atoms with Gasteiger partial charge >= 0.3 is 0 Å². The lowest BCUT2D eigenvalue weighted by molar-refractivity contribution is 0.0921. The molecule has 100 valence electrons. The second-order valence-electron chi connectivity index (χ2n) is 3.98. The number of hydrogen-bond donors (Lipinski definition) is 0. The first kappa shape index (κ1) is 14.4. The number of Topliss-reactive ketones (excluding diaryl/α,β-unsaturated/α-hetero) is 1. The number of carbonyl (C=O) groups excluding carboxylic acids is 1. The lowest BCUT2D eigenvalue weighted by Crippen LogP contribution is -2.12. The van der Waals surface area contributed by atoms with Crippen molar-refractivity contribution in [1.82, 2.24) is 0 Å². The molecule has 0 aliphatic heterocycles. The zero-order valence-corrected chi connectivity index (χ0v) is 11.8. The molecular weight excluding hydrogens is 297 g/mol. The van der Waals surface area contributed by atoms with Gasteiger partial charge in [-0.25, -0.2) is 0 Å². The summed E-state index contributed by atoms with van der Waals surface area (Å²) in [6.45, 7) is -0.157. The number of nitriles is 1. The lowest BCUT2D eigenvalue weighted by Gasteiger charge is -2.07. The molecule has 2 aromatic rings. The van der Waals surface area contributed by atoms with Crippen molar-refractivity contribution in [3.8, 4) is 11.8 Å². The molecule has 0 saturated carbocycles. The average molecular weight is 306 g/mol. The molecule has 0 spiro atoms. The number of nitrogens with zero attached hydrogens (tertiary/aromatic N) is 1. The van der Waals surface area contributed by atoms with Crippen LogP contribution in [0.15, 0.2) is 42.5 Å². The van der Waals surface area contributed by atoms with E-state index in [-0.39, 0.29) is 17.4 Å². The van der Waals surface area contributed by atoms with Crippen LogP contribution in [0.5, 0.6) is 5.75 Å². The van der Waals surface area contributed by atoms with Crippen molar-refractivity contribution in [2.45, 2.75) is 0 Å². The number of carbonyl (C=O) groups is 1. The van der Waals surface area contributed by atoms with Crippen LogP contribution in [0, 0.1) is 11.3 Å². The first-order valence-corrected chi connectivity index (χ1v) is 6.47. The van der Waals surface area contributed by atoms with E-state index >= 15 is 0 Å². The summed E-state index contributed by atoms with van der Waals surface area (Å²) in [5.74, 6) is 0.205. The van der Waals surface area contributed by atoms with Crippen LogP contribution in [0.4, 0.5) is 0 Å². The van der Waals surface area contributed by atoms with Gasteiger partial charge in [0.25, 0.3) is 0 Å². The Kier molecular flexibility index (Phi) is 4.62. The SMILES string of the molecule is N#Cc1cccc(OCC(=O)c2ccc(Cl)cc2Cl)c1. The van der Waals surface area contributed by atoms with Crippen molar-refractivity contribution in [3.05, 3.63) is 63.6 Å². The third-order valence-corrected chi connectivity index (χ3v) is 3.11. The van der Waals surface area contributed by atoms with Gasteiger partial charge in [-0.3, -0.25) is 4.79 Å². The van der Waals surface area contributed by atoms with Gasteiger partial charge in [0.15, 0.2) is 6.61 Å². The summed E-state index contributed by atoms with van der Waals surface area (Å²) in [5.41, 5.74) is 0.826. The fourth-order valence-corrected chi connectivity index (χ4v) is 2.11. The van der Waals surface area contributed by atoms with Crippen molar-refractivity contribution in [3.63, 3.8) is 0 Å². The maximum Gasteiger partial charge on any atom is 0.201 e. The highest BCUT2D eigenvalue weighted by molar-refractivity contribution is 6.36. The second kappa shape index (κ2) is 6.42. The fraction of sp³-hybridized carbons (Fsp3) is 0.0667. The highest BCUT2D eigenvalue weighted by atomic mass is 35.5. The van der Waals surface area contributed by atoms with Crippen molar-refractivity contribution < 1.29 is 9.53 Å². The highest BCUT2D eigenvalue weighted by Gasteiger charge is 2.11. The first-order valence-electron chi connectivity index (χ1n) is 5.71. The van der Waals surface area contributed by atoms with Crippen molar-refractivity contribution >= 4 is 29.0 Å². The number of ether oxygens (including phenoxy) is 1. The second-order valence-corrected chi connectivity index (χ2v) is 4.82. The summed E-state index contributed by atoms with van der Waals surface area (Å²) in [6, 6.07) is 13.2. The summed E-state index contributed by atoms with van der Waals surface area (Å²) in [4.78, 5) is 12.0. The van der Waals surface area contributed by atoms with Crippen LogP contribution in [0.3, 0.4) is 0 Å². The Morgan fingerprint density at radius 1 is 1.20 bits per heavy atom. The topological polar surface area (TPSA) is 50.1 Å². The first-order chi connectivity index (χ1) is 9.60. The van der Waals surface area contributed by atoms with E-state index in [2.05, 4.69) is 0 Å². The van der Waals surface area contributed by atoms with Gasteiger partial charge in [0, 0.05) is 10.6 Å². The number of hydrogen-bond acceptors (Lipinski definition) is 3. The molecule has 3 nitrogen and oxygen atoms in total. The lowest BCUT2D eigenvalue weighted by atomic mass is 10.1. The Balaban J connectivity index is 2.07. The minimum Gasteiger partial charge on any atom is -0.485 e.